The molecule has 304 valence electrons. The van der Waals surface area contributed by atoms with Crippen molar-refractivity contribution in [3.05, 3.63) is 155 Å². The Kier molecular flexibility index (Phi) is 11.8. The molecular weight excluding hydrogens is 794 g/mol. The summed E-state index contributed by atoms with van der Waals surface area (Å²) in [5, 5.41) is 36.3. The fraction of sp³-hybridized carbons (Fsp3) is 0.0732. The zero-order valence-electron chi connectivity index (χ0n) is 29.7. The smallest absolute Gasteiger partial charge is 0.411 e. The van der Waals surface area contributed by atoms with Crippen molar-refractivity contribution < 1.29 is 75.4 Å². The molecule has 0 bridgehead atoms. The highest BCUT2D eigenvalue weighted by Gasteiger charge is 2.74. The van der Waals surface area contributed by atoms with Gasteiger partial charge in [0.1, 0.15) is 23.0 Å². The van der Waals surface area contributed by atoms with Crippen LogP contribution in [0.5, 0.6) is 23.0 Å². The summed E-state index contributed by atoms with van der Waals surface area (Å²) in [6.07, 6.45) is -11.7. The van der Waals surface area contributed by atoms with Crippen molar-refractivity contribution in [2.45, 2.75) is 17.8 Å². The van der Waals surface area contributed by atoms with Gasteiger partial charge in [-0.15, -0.1) is 0 Å². The highest BCUT2D eigenvalue weighted by atomic mass is 19.4. The Hall–Kier alpha value is -7.76. The van der Waals surface area contributed by atoms with E-state index < -0.39 is 86.5 Å². The van der Waals surface area contributed by atoms with Crippen LogP contribution in [0.1, 0.15) is 52.6 Å². The van der Waals surface area contributed by atoms with E-state index in [0.29, 0.717) is 11.4 Å². The van der Waals surface area contributed by atoms with E-state index in [0.717, 1.165) is 60.7 Å². The first-order valence-electron chi connectivity index (χ1n) is 16.6. The largest absolute Gasteiger partial charge is 0.478 e. The van der Waals surface area contributed by atoms with Crippen molar-refractivity contribution in [1.29, 1.82) is 0 Å². The van der Waals surface area contributed by atoms with E-state index in [1.807, 2.05) is 0 Å². The predicted octanol–water partition coefficient (Wildman–Crippen LogP) is 9.48. The number of para-hydroxylation sites is 2. The summed E-state index contributed by atoms with van der Waals surface area (Å²) >= 11 is 0. The lowest BCUT2D eigenvalue weighted by Crippen LogP contribution is -2.55. The quantitative estimate of drug-likeness (QED) is 0.0562. The van der Waals surface area contributed by atoms with Gasteiger partial charge < -0.3 is 41.4 Å². The molecule has 0 aliphatic heterocycles. The molecule has 0 heterocycles. The molecule has 0 saturated heterocycles. The van der Waals surface area contributed by atoms with Crippen LogP contribution in [0.25, 0.3) is 10.8 Å². The normalized spacial score (nSPS) is 11.6. The number of nitrogen functional groups attached to an aromatic ring is 2. The van der Waals surface area contributed by atoms with Crippen molar-refractivity contribution in [1.82, 2.24) is 0 Å². The number of carboxylic acid groups (broad SMARTS) is 4. The number of anilines is 2. The molecule has 0 radical (unpaired) electrons. The maximum atomic E-state index is 14.9. The first-order chi connectivity index (χ1) is 27.6. The number of ether oxygens (including phenoxy) is 2. The molecule has 0 spiro atoms. The molecule has 0 unspecified atom stereocenters. The van der Waals surface area contributed by atoms with E-state index in [9.17, 15) is 45.5 Å². The highest BCUT2D eigenvalue weighted by Crippen LogP contribution is 2.60. The molecule has 59 heavy (non-hydrogen) atoms. The number of rotatable bonds is 10. The van der Waals surface area contributed by atoms with Gasteiger partial charge in [0, 0.05) is 22.5 Å². The van der Waals surface area contributed by atoms with Crippen LogP contribution in [0.3, 0.4) is 0 Å². The summed E-state index contributed by atoms with van der Waals surface area (Å²) < 4.78 is 101. The molecule has 0 aromatic heterocycles. The summed E-state index contributed by atoms with van der Waals surface area (Å²) in [7, 11) is 0. The predicted molar refractivity (Wildman–Crippen MR) is 199 cm³/mol. The summed E-state index contributed by atoms with van der Waals surface area (Å²) in [6, 6.07) is 23.3. The van der Waals surface area contributed by atoms with Crippen molar-refractivity contribution in [3.8, 4) is 23.0 Å². The Morgan fingerprint density at radius 1 is 0.441 bits per heavy atom. The minimum atomic E-state index is -5.85. The fourth-order valence-electron chi connectivity index (χ4n) is 6.03. The average Bonchev–Trinajstić information content (AvgIpc) is 3.16. The number of hydrogen-bond donors (Lipinski definition) is 6. The van der Waals surface area contributed by atoms with Gasteiger partial charge >= 0.3 is 36.2 Å². The minimum absolute atomic E-state index is 0.00584. The number of fused-ring (bicyclic) bond motifs is 1. The first kappa shape index (κ1) is 42.4. The molecule has 0 atom stereocenters. The Balaban J connectivity index is 0.000000256. The Bertz CT molecular complexity index is 2330. The minimum Gasteiger partial charge on any atom is -0.478 e. The molecule has 0 amide bonds. The van der Waals surface area contributed by atoms with Gasteiger partial charge in [0.2, 0.25) is 5.41 Å². The number of carboxylic acids is 4. The van der Waals surface area contributed by atoms with Gasteiger partial charge in [-0.05, 0) is 95.7 Å². The third-order valence-corrected chi connectivity index (χ3v) is 8.68. The van der Waals surface area contributed by atoms with Crippen LogP contribution < -0.4 is 20.9 Å². The standard InChI is InChI=1S/C27H20F6N2O2.C14H8O8/c28-26(29,30)25(27(31,32)33,21-5-1-3-7-23(21)36-19-13-9-17(34)10-14-19)22-6-2-4-8-24(22)37-20-15-11-18(35)12-16-20;15-11(16)7-1-5-2-9(13(19)20)10(14(21)22)4-6(5)3-8(7)12(17)18/h1-16H,34-35H2;1-4H,(H,15,16)(H,17,18)(H,19,20)(H,21,22). The zero-order chi connectivity index (χ0) is 43.4. The number of hydrogen-bond acceptors (Lipinski definition) is 8. The second kappa shape index (κ2) is 16.4. The van der Waals surface area contributed by atoms with Gasteiger partial charge in [0.15, 0.2) is 0 Å². The Morgan fingerprint density at radius 3 is 0.966 bits per heavy atom. The lowest BCUT2D eigenvalue weighted by atomic mass is 9.72. The third kappa shape index (κ3) is 8.65. The lowest BCUT2D eigenvalue weighted by Gasteiger charge is -2.39. The van der Waals surface area contributed by atoms with Crippen LogP contribution in [0.2, 0.25) is 0 Å². The topological polar surface area (TPSA) is 220 Å². The maximum absolute atomic E-state index is 14.9. The Labute approximate surface area is 328 Å². The fourth-order valence-corrected chi connectivity index (χ4v) is 6.03. The van der Waals surface area contributed by atoms with Gasteiger partial charge in [0.25, 0.3) is 0 Å². The van der Waals surface area contributed by atoms with E-state index in [1.165, 1.54) is 60.7 Å². The molecule has 0 aliphatic carbocycles. The molecule has 6 rings (SSSR count). The summed E-state index contributed by atoms with van der Waals surface area (Å²) in [5.74, 6) is -7.21. The van der Waals surface area contributed by atoms with Crippen LogP contribution in [-0.2, 0) is 5.41 Å². The monoisotopic (exact) mass is 822 g/mol. The summed E-state index contributed by atoms with van der Waals surface area (Å²) in [6.45, 7) is 0. The van der Waals surface area contributed by atoms with Gasteiger partial charge in [-0.25, -0.2) is 19.2 Å². The van der Waals surface area contributed by atoms with Gasteiger partial charge in [0.05, 0.1) is 22.3 Å². The number of benzene rings is 6. The van der Waals surface area contributed by atoms with Crippen LogP contribution in [0.4, 0.5) is 37.7 Å². The van der Waals surface area contributed by atoms with E-state index in [1.54, 1.807) is 0 Å². The number of aromatic carboxylic acids is 4. The van der Waals surface area contributed by atoms with E-state index in [-0.39, 0.29) is 22.3 Å². The molecule has 0 saturated carbocycles. The molecule has 18 heteroatoms. The molecule has 12 nitrogen and oxygen atoms in total. The first-order valence-corrected chi connectivity index (χ1v) is 16.6. The second-order valence-electron chi connectivity index (χ2n) is 12.4. The van der Waals surface area contributed by atoms with E-state index in [4.69, 9.17) is 41.4 Å². The SMILES string of the molecule is Nc1ccc(Oc2ccccc2C(c2ccccc2Oc2ccc(N)cc2)(C(F)(F)F)C(F)(F)F)cc1.O=C(O)c1cc2cc(C(=O)O)c(C(=O)O)cc2cc1C(=O)O. The van der Waals surface area contributed by atoms with Gasteiger partial charge in [-0.3, -0.25) is 0 Å². The number of nitrogens with two attached hydrogens (primary N) is 2. The van der Waals surface area contributed by atoms with Crippen molar-refractivity contribution >= 4 is 46.0 Å². The van der Waals surface area contributed by atoms with Crippen molar-refractivity contribution in [2.75, 3.05) is 11.5 Å². The molecule has 6 aromatic carbocycles. The van der Waals surface area contributed by atoms with Gasteiger partial charge in [-0.2, -0.15) is 26.3 Å². The summed E-state index contributed by atoms with van der Waals surface area (Å²) in [4.78, 5) is 44.4. The molecule has 0 aliphatic rings. The lowest BCUT2D eigenvalue weighted by molar-refractivity contribution is -0.289. The molecular formula is C41H28F6N2O10. The van der Waals surface area contributed by atoms with Gasteiger partial charge in [-0.1, -0.05) is 36.4 Å². The van der Waals surface area contributed by atoms with Crippen LogP contribution in [-0.4, -0.2) is 56.7 Å². The van der Waals surface area contributed by atoms with E-state index >= 15 is 0 Å². The number of carbonyl (C=O) groups is 4. The number of halogens is 6. The van der Waals surface area contributed by atoms with Crippen LogP contribution >= 0.6 is 0 Å². The average molecular weight is 823 g/mol. The van der Waals surface area contributed by atoms with E-state index in [2.05, 4.69) is 0 Å². The van der Waals surface area contributed by atoms with Crippen molar-refractivity contribution in [2.24, 2.45) is 0 Å². The summed E-state index contributed by atoms with van der Waals surface area (Å²) in [5.41, 5.74) is 3.06. The Morgan fingerprint density at radius 2 is 0.712 bits per heavy atom. The van der Waals surface area contributed by atoms with Crippen LogP contribution in [0.15, 0.2) is 121 Å². The second-order valence-corrected chi connectivity index (χ2v) is 12.4. The van der Waals surface area contributed by atoms with Crippen LogP contribution in [0, 0.1) is 0 Å². The van der Waals surface area contributed by atoms with Crippen molar-refractivity contribution in [3.63, 3.8) is 0 Å². The number of alkyl halides is 6. The highest BCUT2D eigenvalue weighted by molar-refractivity contribution is 6.10. The third-order valence-electron chi connectivity index (χ3n) is 8.68. The molecule has 0 fully saturated rings. The zero-order valence-corrected chi connectivity index (χ0v) is 29.7. The molecule has 6 aromatic rings. The maximum Gasteiger partial charge on any atom is 0.411 e. The molecule has 8 N–H and O–H groups in total.